The van der Waals surface area contributed by atoms with Gasteiger partial charge in [-0.2, -0.15) is 0 Å². The van der Waals surface area contributed by atoms with Crippen molar-refractivity contribution in [3.63, 3.8) is 0 Å². The molecule has 1 aromatic carbocycles. The molecular formula is C13H19Cl2N3. The van der Waals surface area contributed by atoms with Gasteiger partial charge in [0.15, 0.2) is 0 Å². The van der Waals surface area contributed by atoms with E-state index < -0.39 is 0 Å². The lowest BCUT2D eigenvalue weighted by Gasteiger charge is -2.20. The number of imidazole rings is 1. The normalized spacial score (nSPS) is 16.1. The van der Waals surface area contributed by atoms with Gasteiger partial charge in [0.1, 0.15) is 5.82 Å². The summed E-state index contributed by atoms with van der Waals surface area (Å²) in [4.78, 5) is 8.16. The third-order valence-corrected chi connectivity index (χ3v) is 3.38. The fraction of sp³-hybridized carbons (Fsp3) is 0.462. The van der Waals surface area contributed by atoms with Gasteiger partial charge in [-0.1, -0.05) is 6.07 Å². The van der Waals surface area contributed by atoms with Crippen LogP contribution in [0.15, 0.2) is 18.2 Å². The topological polar surface area (TPSA) is 40.7 Å². The van der Waals surface area contributed by atoms with Gasteiger partial charge in [-0.25, -0.2) is 4.98 Å². The van der Waals surface area contributed by atoms with Crippen LogP contribution in [-0.4, -0.2) is 23.1 Å². The molecular weight excluding hydrogens is 269 g/mol. The van der Waals surface area contributed by atoms with Crippen molar-refractivity contribution in [2.75, 3.05) is 13.1 Å². The molecule has 0 amide bonds. The standard InChI is InChI=1S/C13H17N3.2ClH/c1-9-2-3-11-12(8-9)16-13(15-11)10-4-6-14-7-5-10;;/h2-3,8,10,14H,4-7H2,1H3,(H,15,16);2*1H. The number of piperidine rings is 1. The van der Waals surface area contributed by atoms with Gasteiger partial charge < -0.3 is 10.3 Å². The molecule has 2 aromatic rings. The smallest absolute Gasteiger partial charge is 0.110 e. The van der Waals surface area contributed by atoms with Gasteiger partial charge in [0.2, 0.25) is 0 Å². The lowest BCUT2D eigenvalue weighted by molar-refractivity contribution is 0.448. The van der Waals surface area contributed by atoms with Crippen LogP contribution in [0.25, 0.3) is 11.0 Å². The van der Waals surface area contributed by atoms with Crippen LogP contribution in [0.1, 0.15) is 30.1 Å². The Labute approximate surface area is 120 Å². The van der Waals surface area contributed by atoms with E-state index in [0.717, 1.165) is 18.6 Å². The number of halogens is 2. The van der Waals surface area contributed by atoms with Gasteiger partial charge in [-0.3, -0.25) is 0 Å². The van der Waals surface area contributed by atoms with E-state index in [-0.39, 0.29) is 24.8 Å². The Balaban J connectivity index is 0.000000810. The lowest BCUT2D eigenvalue weighted by Crippen LogP contribution is -2.27. The molecule has 1 aliphatic rings. The first kappa shape index (κ1) is 15.3. The highest BCUT2D eigenvalue weighted by Crippen LogP contribution is 2.25. The van der Waals surface area contributed by atoms with Gasteiger partial charge in [-0.15, -0.1) is 24.8 Å². The van der Waals surface area contributed by atoms with E-state index in [1.165, 1.54) is 29.7 Å². The van der Waals surface area contributed by atoms with Crippen molar-refractivity contribution in [1.82, 2.24) is 15.3 Å². The molecule has 0 bridgehead atoms. The SMILES string of the molecule is Cc1ccc2nc(C3CCNCC3)[nH]c2c1.Cl.Cl. The van der Waals surface area contributed by atoms with Gasteiger partial charge in [-0.05, 0) is 50.6 Å². The molecule has 2 N–H and O–H groups in total. The van der Waals surface area contributed by atoms with E-state index in [1.54, 1.807) is 0 Å². The molecule has 1 aliphatic heterocycles. The Morgan fingerprint density at radius 3 is 2.61 bits per heavy atom. The van der Waals surface area contributed by atoms with E-state index >= 15 is 0 Å². The lowest BCUT2D eigenvalue weighted by atomic mass is 9.98. The van der Waals surface area contributed by atoms with Crippen LogP contribution in [0.3, 0.4) is 0 Å². The van der Waals surface area contributed by atoms with Gasteiger partial charge in [0.25, 0.3) is 0 Å². The average molecular weight is 288 g/mol. The summed E-state index contributed by atoms with van der Waals surface area (Å²) >= 11 is 0. The molecule has 3 nitrogen and oxygen atoms in total. The maximum absolute atomic E-state index is 4.69. The molecule has 3 rings (SSSR count). The second kappa shape index (κ2) is 6.41. The van der Waals surface area contributed by atoms with E-state index in [2.05, 4.69) is 35.4 Å². The summed E-state index contributed by atoms with van der Waals surface area (Å²) in [6.07, 6.45) is 2.39. The van der Waals surface area contributed by atoms with Crippen LogP contribution in [0.2, 0.25) is 0 Å². The van der Waals surface area contributed by atoms with Crippen molar-refractivity contribution in [2.45, 2.75) is 25.7 Å². The monoisotopic (exact) mass is 287 g/mol. The third-order valence-electron chi connectivity index (χ3n) is 3.38. The zero-order chi connectivity index (χ0) is 11.0. The van der Waals surface area contributed by atoms with Crippen LogP contribution < -0.4 is 5.32 Å². The van der Waals surface area contributed by atoms with Crippen LogP contribution in [-0.2, 0) is 0 Å². The largest absolute Gasteiger partial charge is 0.342 e. The minimum Gasteiger partial charge on any atom is -0.342 e. The summed E-state index contributed by atoms with van der Waals surface area (Å²) in [5.41, 5.74) is 3.56. The number of fused-ring (bicyclic) bond motifs is 1. The summed E-state index contributed by atoms with van der Waals surface area (Å²) in [5, 5.41) is 3.39. The van der Waals surface area contributed by atoms with Crippen LogP contribution in [0.4, 0.5) is 0 Å². The molecule has 1 saturated heterocycles. The molecule has 0 saturated carbocycles. The highest BCUT2D eigenvalue weighted by molar-refractivity contribution is 5.85. The minimum absolute atomic E-state index is 0. The number of aryl methyl sites for hydroxylation is 1. The zero-order valence-corrected chi connectivity index (χ0v) is 12.0. The molecule has 100 valence electrons. The predicted molar refractivity (Wildman–Crippen MR) is 80.2 cm³/mol. The van der Waals surface area contributed by atoms with Crippen molar-refractivity contribution in [3.8, 4) is 0 Å². The van der Waals surface area contributed by atoms with Crippen molar-refractivity contribution in [3.05, 3.63) is 29.6 Å². The van der Waals surface area contributed by atoms with E-state index in [0.29, 0.717) is 5.92 Å². The number of hydrogen-bond donors (Lipinski definition) is 2. The highest BCUT2D eigenvalue weighted by Gasteiger charge is 2.18. The number of aromatic amines is 1. The van der Waals surface area contributed by atoms with Crippen LogP contribution >= 0.6 is 24.8 Å². The number of nitrogens with one attached hydrogen (secondary N) is 2. The van der Waals surface area contributed by atoms with Crippen molar-refractivity contribution < 1.29 is 0 Å². The molecule has 1 fully saturated rings. The Hall–Kier alpha value is -0.770. The molecule has 1 aromatic heterocycles. The Morgan fingerprint density at radius 1 is 1.17 bits per heavy atom. The quantitative estimate of drug-likeness (QED) is 0.846. The Bertz CT molecular complexity index is 504. The second-order valence-electron chi connectivity index (χ2n) is 4.67. The maximum Gasteiger partial charge on any atom is 0.110 e. The molecule has 0 spiro atoms. The first-order valence-electron chi connectivity index (χ1n) is 6.00. The van der Waals surface area contributed by atoms with Gasteiger partial charge >= 0.3 is 0 Å². The minimum atomic E-state index is 0. The summed E-state index contributed by atoms with van der Waals surface area (Å²) in [5.74, 6) is 1.77. The van der Waals surface area contributed by atoms with Crippen molar-refractivity contribution in [2.24, 2.45) is 0 Å². The Kier molecular flexibility index (Phi) is 5.45. The second-order valence-corrected chi connectivity index (χ2v) is 4.67. The van der Waals surface area contributed by atoms with E-state index in [9.17, 15) is 0 Å². The van der Waals surface area contributed by atoms with E-state index in [1.807, 2.05) is 0 Å². The number of hydrogen-bond acceptors (Lipinski definition) is 2. The number of rotatable bonds is 1. The molecule has 2 heterocycles. The first-order chi connectivity index (χ1) is 7.83. The number of H-pyrrole nitrogens is 1. The molecule has 0 unspecified atom stereocenters. The van der Waals surface area contributed by atoms with E-state index in [4.69, 9.17) is 4.98 Å². The molecule has 0 aliphatic carbocycles. The predicted octanol–water partition coefficient (Wildman–Crippen LogP) is 3.18. The third kappa shape index (κ3) is 2.97. The van der Waals surface area contributed by atoms with Crippen molar-refractivity contribution in [1.29, 1.82) is 0 Å². The molecule has 18 heavy (non-hydrogen) atoms. The molecule has 5 heteroatoms. The highest BCUT2D eigenvalue weighted by atomic mass is 35.5. The average Bonchev–Trinajstić information content (AvgIpc) is 2.73. The number of nitrogens with zero attached hydrogens (tertiary/aromatic N) is 1. The maximum atomic E-state index is 4.69. The summed E-state index contributed by atoms with van der Waals surface area (Å²) < 4.78 is 0. The first-order valence-corrected chi connectivity index (χ1v) is 6.00. The zero-order valence-electron chi connectivity index (χ0n) is 10.4. The Morgan fingerprint density at radius 2 is 1.89 bits per heavy atom. The van der Waals surface area contributed by atoms with Crippen LogP contribution in [0.5, 0.6) is 0 Å². The summed E-state index contributed by atoms with van der Waals surface area (Å²) in [6, 6.07) is 6.40. The van der Waals surface area contributed by atoms with Crippen LogP contribution in [0, 0.1) is 6.92 Å². The number of benzene rings is 1. The fourth-order valence-corrected chi connectivity index (χ4v) is 2.43. The molecule has 0 radical (unpaired) electrons. The number of aromatic nitrogens is 2. The summed E-state index contributed by atoms with van der Waals surface area (Å²) in [7, 11) is 0. The molecule has 0 atom stereocenters. The van der Waals surface area contributed by atoms with Crippen molar-refractivity contribution >= 4 is 35.8 Å². The fourth-order valence-electron chi connectivity index (χ4n) is 2.43. The summed E-state index contributed by atoms with van der Waals surface area (Å²) in [6.45, 7) is 4.34. The van der Waals surface area contributed by atoms with Gasteiger partial charge in [0, 0.05) is 5.92 Å². The van der Waals surface area contributed by atoms with Gasteiger partial charge in [0.05, 0.1) is 11.0 Å².